The van der Waals surface area contributed by atoms with Crippen molar-refractivity contribution >= 4 is 18.0 Å². The normalized spacial score (nSPS) is 19.8. The van der Waals surface area contributed by atoms with E-state index in [-0.39, 0.29) is 12.5 Å². The molecule has 1 aliphatic heterocycles. The van der Waals surface area contributed by atoms with Gasteiger partial charge in [-0.15, -0.1) is 0 Å². The lowest BCUT2D eigenvalue weighted by atomic mass is 9.92. The molecule has 0 N–H and O–H groups in total. The number of ether oxygens (including phenoxy) is 3. The maximum atomic E-state index is 12.2. The lowest BCUT2D eigenvalue weighted by Gasteiger charge is -2.34. The Labute approximate surface area is 161 Å². The third-order valence-corrected chi connectivity index (χ3v) is 4.46. The molecule has 2 atom stereocenters. The van der Waals surface area contributed by atoms with Crippen molar-refractivity contribution in [2.24, 2.45) is 11.8 Å². The average Bonchev–Trinajstić information content (AvgIpc) is 2.64. The lowest BCUT2D eigenvalue weighted by Crippen LogP contribution is -2.44. The second-order valence-electron chi connectivity index (χ2n) is 7.03. The molecule has 1 aliphatic rings. The lowest BCUT2D eigenvalue weighted by molar-refractivity contribution is -0.149. The van der Waals surface area contributed by atoms with E-state index in [2.05, 4.69) is 13.8 Å². The van der Waals surface area contributed by atoms with Gasteiger partial charge in [0.2, 0.25) is 0 Å². The Hall–Kier alpha value is -2.50. The van der Waals surface area contributed by atoms with Gasteiger partial charge in [-0.05, 0) is 49.0 Å². The molecule has 1 fully saturated rings. The molecular formula is C21H29NO5. The minimum absolute atomic E-state index is 0.141. The summed E-state index contributed by atoms with van der Waals surface area (Å²) in [6.45, 7) is 7.93. The van der Waals surface area contributed by atoms with Crippen LogP contribution in [0.5, 0.6) is 11.5 Å². The molecule has 0 spiro atoms. The van der Waals surface area contributed by atoms with Crippen LogP contribution in [0.1, 0.15) is 32.8 Å². The predicted octanol–water partition coefficient (Wildman–Crippen LogP) is 3.15. The van der Waals surface area contributed by atoms with Gasteiger partial charge in [-0.3, -0.25) is 4.79 Å². The Bertz CT molecular complexity index is 675. The standard InChI is InChI=1S/C21H29NO5/c1-5-26-18-8-6-17(11-19(18)25-4)7-9-21(24)27-14-20(23)22-12-15(2)10-16(3)13-22/h6-9,11,15-16H,5,10,12-14H2,1-4H3/b9-7+/t15-,16-/m0/s1. The molecule has 1 heterocycles. The zero-order valence-corrected chi connectivity index (χ0v) is 16.6. The van der Waals surface area contributed by atoms with Crippen molar-refractivity contribution < 1.29 is 23.8 Å². The third-order valence-electron chi connectivity index (χ3n) is 4.46. The molecule has 1 amide bonds. The molecule has 0 saturated carbocycles. The van der Waals surface area contributed by atoms with Crippen LogP contribution in [-0.2, 0) is 14.3 Å². The third kappa shape index (κ3) is 6.31. The van der Waals surface area contributed by atoms with Gasteiger partial charge in [0.25, 0.3) is 5.91 Å². The Kier molecular flexibility index (Phi) is 7.70. The highest BCUT2D eigenvalue weighted by molar-refractivity contribution is 5.89. The van der Waals surface area contributed by atoms with Gasteiger partial charge >= 0.3 is 5.97 Å². The highest BCUT2D eigenvalue weighted by Crippen LogP contribution is 2.28. The maximum absolute atomic E-state index is 12.2. The molecule has 0 radical (unpaired) electrons. The van der Waals surface area contributed by atoms with Crippen LogP contribution in [0.2, 0.25) is 0 Å². The van der Waals surface area contributed by atoms with Crippen LogP contribution in [0.15, 0.2) is 24.3 Å². The first kappa shape index (κ1) is 20.8. The fourth-order valence-corrected chi connectivity index (χ4v) is 3.37. The summed E-state index contributed by atoms with van der Waals surface area (Å²) in [7, 11) is 1.56. The first-order valence-electron chi connectivity index (χ1n) is 9.36. The molecule has 148 valence electrons. The van der Waals surface area contributed by atoms with Gasteiger partial charge in [-0.2, -0.15) is 0 Å². The molecule has 1 aromatic rings. The van der Waals surface area contributed by atoms with E-state index in [4.69, 9.17) is 14.2 Å². The number of amides is 1. The zero-order valence-electron chi connectivity index (χ0n) is 16.6. The van der Waals surface area contributed by atoms with E-state index in [9.17, 15) is 9.59 Å². The number of nitrogens with zero attached hydrogens (tertiary/aromatic N) is 1. The highest BCUT2D eigenvalue weighted by Gasteiger charge is 2.25. The van der Waals surface area contributed by atoms with Crippen LogP contribution >= 0.6 is 0 Å². The highest BCUT2D eigenvalue weighted by atomic mass is 16.5. The van der Waals surface area contributed by atoms with Gasteiger partial charge in [-0.1, -0.05) is 19.9 Å². The molecule has 0 bridgehead atoms. The summed E-state index contributed by atoms with van der Waals surface area (Å²) < 4.78 is 15.8. The Morgan fingerprint density at radius 3 is 2.52 bits per heavy atom. The molecule has 27 heavy (non-hydrogen) atoms. The summed E-state index contributed by atoms with van der Waals surface area (Å²) >= 11 is 0. The number of likely N-dealkylation sites (tertiary alicyclic amines) is 1. The first-order valence-corrected chi connectivity index (χ1v) is 9.36. The van der Waals surface area contributed by atoms with Gasteiger partial charge in [0.1, 0.15) is 0 Å². The van der Waals surface area contributed by atoms with Gasteiger partial charge in [0.05, 0.1) is 13.7 Å². The minimum Gasteiger partial charge on any atom is -0.493 e. The maximum Gasteiger partial charge on any atom is 0.331 e. The van der Waals surface area contributed by atoms with Crippen molar-refractivity contribution in [3.05, 3.63) is 29.8 Å². The average molecular weight is 375 g/mol. The van der Waals surface area contributed by atoms with Crippen LogP contribution in [0.4, 0.5) is 0 Å². The summed E-state index contributed by atoms with van der Waals surface area (Å²) in [4.78, 5) is 25.9. The molecule has 2 rings (SSSR count). The van der Waals surface area contributed by atoms with Crippen molar-refractivity contribution in [1.82, 2.24) is 4.90 Å². The summed E-state index contributed by atoms with van der Waals surface area (Å²) in [5.41, 5.74) is 0.775. The van der Waals surface area contributed by atoms with Crippen molar-refractivity contribution in [3.63, 3.8) is 0 Å². The van der Waals surface area contributed by atoms with Crippen molar-refractivity contribution in [3.8, 4) is 11.5 Å². The predicted molar refractivity (Wildman–Crippen MR) is 104 cm³/mol. The Balaban J connectivity index is 1.87. The number of carbonyl (C=O) groups excluding carboxylic acids is 2. The molecule has 0 aliphatic carbocycles. The number of hydrogen-bond donors (Lipinski definition) is 0. The van der Waals surface area contributed by atoms with Crippen LogP contribution in [0, 0.1) is 11.8 Å². The summed E-state index contributed by atoms with van der Waals surface area (Å²) in [6, 6.07) is 5.38. The van der Waals surface area contributed by atoms with Gasteiger partial charge in [-0.25, -0.2) is 4.79 Å². The van der Waals surface area contributed by atoms with E-state index in [1.54, 1.807) is 30.2 Å². The quantitative estimate of drug-likeness (QED) is 0.541. The Morgan fingerprint density at radius 1 is 1.19 bits per heavy atom. The van der Waals surface area contributed by atoms with Gasteiger partial charge in [0, 0.05) is 19.2 Å². The molecule has 6 heteroatoms. The van der Waals surface area contributed by atoms with E-state index in [1.807, 2.05) is 13.0 Å². The van der Waals surface area contributed by atoms with Crippen molar-refractivity contribution in [2.45, 2.75) is 27.2 Å². The summed E-state index contributed by atoms with van der Waals surface area (Å²) in [6.07, 6.45) is 4.05. The van der Waals surface area contributed by atoms with E-state index in [0.717, 1.165) is 25.1 Å². The van der Waals surface area contributed by atoms with Gasteiger partial charge < -0.3 is 19.1 Å². The second kappa shape index (κ2) is 10.00. The second-order valence-corrected chi connectivity index (χ2v) is 7.03. The van der Waals surface area contributed by atoms with E-state index >= 15 is 0 Å². The fraction of sp³-hybridized carbons (Fsp3) is 0.524. The number of hydrogen-bond acceptors (Lipinski definition) is 5. The monoisotopic (exact) mass is 375 g/mol. The van der Waals surface area contributed by atoms with Crippen LogP contribution in [0.25, 0.3) is 6.08 Å². The van der Waals surface area contributed by atoms with Gasteiger partial charge in [0.15, 0.2) is 18.1 Å². The number of methoxy groups -OCH3 is 1. The van der Waals surface area contributed by atoms with Crippen molar-refractivity contribution in [1.29, 1.82) is 0 Å². The molecule has 1 saturated heterocycles. The molecule has 1 aromatic carbocycles. The zero-order chi connectivity index (χ0) is 19.8. The number of benzene rings is 1. The van der Waals surface area contributed by atoms with Crippen LogP contribution < -0.4 is 9.47 Å². The smallest absolute Gasteiger partial charge is 0.331 e. The largest absolute Gasteiger partial charge is 0.493 e. The Morgan fingerprint density at radius 2 is 1.89 bits per heavy atom. The topological polar surface area (TPSA) is 65.1 Å². The number of carbonyl (C=O) groups is 2. The van der Waals surface area contributed by atoms with E-state index < -0.39 is 5.97 Å². The van der Waals surface area contributed by atoms with E-state index in [1.165, 1.54) is 6.08 Å². The first-order chi connectivity index (χ1) is 12.9. The van der Waals surface area contributed by atoms with E-state index in [0.29, 0.717) is 29.9 Å². The summed E-state index contributed by atoms with van der Waals surface area (Å²) in [5.74, 6) is 1.50. The van der Waals surface area contributed by atoms with Crippen LogP contribution in [-0.4, -0.2) is 50.2 Å². The molecular weight excluding hydrogens is 346 g/mol. The summed E-state index contributed by atoms with van der Waals surface area (Å²) in [5, 5.41) is 0. The number of esters is 1. The number of piperidine rings is 1. The number of rotatable bonds is 7. The molecule has 0 unspecified atom stereocenters. The molecule has 0 aromatic heterocycles. The minimum atomic E-state index is -0.547. The molecule has 6 nitrogen and oxygen atoms in total. The SMILES string of the molecule is CCOc1ccc(/C=C/C(=O)OCC(=O)N2C[C@@H](C)C[C@H](C)C2)cc1OC. The van der Waals surface area contributed by atoms with Crippen LogP contribution in [0.3, 0.4) is 0 Å². The van der Waals surface area contributed by atoms with Crippen molar-refractivity contribution in [2.75, 3.05) is 33.4 Å². The fourth-order valence-electron chi connectivity index (χ4n) is 3.37.